The van der Waals surface area contributed by atoms with Gasteiger partial charge in [-0.3, -0.25) is 4.79 Å². The second-order valence-corrected chi connectivity index (χ2v) is 2.68. The summed E-state index contributed by atoms with van der Waals surface area (Å²) < 4.78 is 9.14. The summed E-state index contributed by atoms with van der Waals surface area (Å²) in [6, 6.07) is 0. The fourth-order valence-corrected chi connectivity index (χ4v) is 0.709. The third-order valence-corrected chi connectivity index (χ3v) is 1.39. The van der Waals surface area contributed by atoms with Crippen LogP contribution in [0.25, 0.3) is 0 Å². The number of esters is 1. The number of allylic oxidation sites excluding steroid dienone is 1. The number of carbonyl (C=O) groups is 1. The van der Waals surface area contributed by atoms with E-state index in [1.807, 2.05) is 6.92 Å². The predicted octanol–water partition coefficient (Wildman–Crippen LogP) is 1.74. The van der Waals surface area contributed by atoms with E-state index in [0.29, 0.717) is 12.2 Å². The summed E-state index contributed by atoms with van der Waals surface area (Å²) in [5.41, 5.74) is 0. The molecule has 0 N–H and O–H groups in total. The Hall–Kier alpha value is -0.830. The highest BCUT2D eigenvalue weighted by atomic mass is 16.6. The highest BCUT2D eigenvalue weighted by Gasteiger charge is 2.24. The molecule has 3 nitrogen and oxygen atoms in total. The van der Waals surface area contributed by atoms with Crippen LogP contribution in [0.3, 0.4) is 0 Å². The first-order valence-corrected chi connectivity index (χ1v) is 3.67. The van der Waals surface area contributed by atoms with E-state index in [4.69, 9.17) is 0 Å². The van der Waals surface area contributed by atoms with Crippen molar-refractivity contribution < 1.29 is 14.3 Å². The quantitative estimate of drug-likeness (QED) is 0.412. The van der Waals surface area contributed by atoms with Gasteiger partial charge < -0.3 is 9.47 Å². The standard InChI is InChI=1S/C6H8O2.C2H4O.CH4/c1-4-3-5(2)8-6(4)7;1-2-3-1;/h4H,2-3H2,1H3;1-2H2;1H4. The number of rotatable bonds is 0. The summed E-state index contributed by atoms with van der Waals surface area (Å²) >= 11 is 0. The fraction of sp³-hybridized carbons (Fsp3) is 0.667. The molecule has 2 aliphatic rings. The maximum Gasteiger partial charge on any atom is 0.314 e. The lowest BCUT2D eigenvalue weighted by molar-refractivity contribution is -0.138. The van der Waals surface area contributed by atoms with Gasteiger partial charge in [0.25, 0.3) is 0 Å². The summed E-state index contributed by atoms with van der Waals surface area (Å²) in [5.74, 6) is 0.486. The monoisotopic (exact) mass is 172 g/mol. The Morgan fingerprint density at radius 2 is 2.00 bits per heavy atom. The largest absolute Gasteiger partial charge is 0.431 e. The van der Waals surface area contributed by atoms with Crippen molar-refractivity contribution in [3.05, 3.63) is 12.3 Å². The predicted molar refractivity (Wildman–Crippen MR) is 46.6 cm³/mol. The molecule has 0 bridgehead atoms. The zero-order valence-electron chi connectivity index (χ0n) is 6.63. The van der Waals surface area contributed by atoms with Crippen molar-refractivity contribution in [3.8, 4) is 0 Å². The Bertz CT molecular complexity index is 170. The number of carbonyl (C=O) groups excluding carboxylic acids is 1. The Labute approximate surface area is 73.4 Å². The van der Waals surface area contributed by atoms with Crippen LogP contribution in [0.2, 0.25) is 0 Å². The van der Waals surface area contributed by atoms with Crippen LogP contribution in [-0.4, -0.2) is 19.2 Å². The molecule has 0 amide bonds. The topological polar surface area (TPSA) is 38.8 Å². The van der Waals surface area contributed by atoms with E-state index in [2.05, 4.69) is 16.1 Å². The van der Waals surface area contributed by atoms with Crippen LogP contribution >= 0.6 is 0 Å². The molecule has 2 aliphatic heterocycles. The van der Waals surface area contributed by atoms with Gasteiger partial charge in [-0.15, -0.1) is 0 Å². The molecule has 0 aliphatic carbocycles. The maximum atomic E-state index is 10.5. The molecule has 0 aromatic rings. The number of cyclic esters (lactones) is 1. The minimum absolute atomic E-state index is 0. The van der Waals surface area contributed by atoms with Crippen LogP contribution in [0.15, 0.2) is 12.3 Å². The lowest BCUT2D eigenvalue weighted by Crippen LogP contribution is -2.00. The summed E-state index contributed by atoms with van der Waals surface area (Å²) in [7, 11) is 0. The zero-order valence-corrected chi connectivity index (χ0v) is 6.63. The van der Waals surface area contributed by atoms with E-state index in [9.17, 15) is 4.79 Å². The van der Waals surface area contributed by atoms with Gasteiger partial charge in [-0.05, 0) is 0 Å². The highest BCUT2D eigenvalue weighted by Crippen LogP contribution is 2.21. The molecule has 2 saturated heterocycles. The van der Waals surface area contributed by atoms with Gasteiger partial charge in [-0.2, -0.15) is 0 Å². The van der Waals surface area contributed by atoms with Gasteiger partial charge in [0.05, 0.1) is 19.1 Å². The third-order valence-electron chi connectivity index (χ3n) is 1.39. The molecule has 2 fully saturated rings. The molecule has 0 spiro atoms. The van der Waals surface area contributed by atoms with Crippen molar-refractivity contribution in [2.75, 3.05) is 13.2 Å². The second-order valence-electron chi connectivity index (χ2n) is 2.68. The van der Waals surface area contributed by atoms with E-state index in [1.54, 1.807) is 0 Å². The van der Waals surface area contributed by atoms with Crippen molar-refractivity contribution in [1.82, 2.24) is 0 Å². The molecule has 2 rings (SSSR count). The molecular formula is C9H16O3. The van der Waals surface area contributed by atoms with Gasteiger partial charge in [0, 0.05) is 6.42 Å². The van der Waals surface area contributed by atoms with Crippen molar-refractivity contribution in [3.63, 3.8) is 0 Å². The molecule has 0 radical (unpaired) electrons. The van der Waals surface area contributed by atoms with Crippen LogP contribution in [0.4, 0.5) is 0 Å². The Morgan fingerprint density at radius 1 is 1.50 bits per heavy atom. The molecule has 2 heterocycles. The number of epoxide rings is 1. The normalized spacial score (nSPS) is 24.9. The number of ether oxygens (including phenoxy) is 2. The minimum Gasteiger partial charge on any atom is -0.431 e. The van der Waals surface area contributed by atoms with Crippen LogP contribution in [0.1, 0.15) is 20.8 Å². The van der Waals surface area contributed by atoms with Crippen LogP contribution in [0.5, 0.6) is 0 Å². The Morgan fingerprint density at radius 3 is 2.08 bits per heavy atom. The van der Waals surface area contributed by atoms with Crippen LogP contribution in [-0.2, 0) is 14.3 Å². The van der Waals surface area contributed by atoms with E-state index < -0.39 is 0 Å². The lowest BCUT2D eigenvalue weighted by Gasteiger charge is -1.88. The average molecular weight is 172 g/mol. The van der Waals surface area contributed by atoms with Gasteiger partial charge in [0.2, 0.25) is 0 Å². The Kier molecular flexibility index (Phi) is 4.59. The summed E-state index contributed by atoms with van der Waals surface area (Å²) in [6.07, 6.45) is 0.693. The van der Waals surface area contributed by atoms with E-state index >= 15 is 0 Å². The summed E-state index contributed by atoms with van der Waals surface area (Å²) in [5, 5.41) is 0. The van der Waals surface area contributed by atoms with Crippen molar-refractivity contribution in [2.24, 2.45) is 5.92 Å². The van der Waals surface area contributed by atoms with Gasteiger partial charge in [-0.1, -0.05) is 20.9 Å². The molecule has 70 valence electrons. The summed E-state index contributed by atoms with van der Waals surface area (Å²) in [6.45, 7) is 7.35. The van der Waals surface area contributed by atoms with Gasteiger partial charge >= 0.3 is 5.97 Å². The Balaban J connectivity index is 0.000000257. The van der Waals surface area contributed by atoms with E-state index in [0.717, 1.165) is 13.2 Å². The first kappa shape index (κ1) is 11.2. The molecular weight excluding hydrogens is 156 g/mol. The van der Waals surface area contributed by atoms with Crippen molar-refractivity contribution in [1.29, 1.82) is 0 Å². The molecule has 12 heavy (non-hydrogen) atoms. The number of hydrogen-bond donors (Lipinski definition) is 0. The lowest BCUT2D eigenvalue weighted by atomic mass is 10.1. The highest BCUT2D eigenvalue weighted by molar-refractivity contribution is 5.75. The van der Waals surface area contributed by atoms with Gasteiger partial charge in [-0.25, -0.2) is 0 Å². The zero-order chi connectivity index (χ0) is 8.27. The second kappa shape index (κ2) is 4.93. The van der Waals surface area contributed by atoms with E-state index in [1.165, 1.54) is 0 Å². The third kappa shape index (κ3) is 4.13. The first-order valence-electron chi connectivity index (χ1n) is 3.67. The summed E-state index contributed by atoms with van der Waals surface area (Å²) in [4.78, 5) is 10.5. The smallest absolute Gasteiger partial charge is 0.314 e. The average Bonchev–Trinajstić information content (AvgIpc) is 2.68. The van der Waals surface area contributed by atoms with Gasteiger partial charge in [0.15, 0.2) is 0 Å². The van der Waals surface area contributed by atoms with Gasteiger partial charge in [0.1, 0.15) is 5.76 Å². The fourth-order valence-electron chi connectivity index (χ4n) is 0.709. The molecule has 1 atom stereocenters. The molecule has 0 saturated carbocycles. The molecule has 0 aromatic carbocycles. The molecule has 3 heteroatoms. The van der Waals surface area contributed by atoms with Crippen molar-refractivity contribution in [2.45, 2.75) is 20.8 Å². The van der Waals surface area contributed by atoms with E-state index in [-0.39, 0.29) is 19.3 Å². The molecule has 1 unspecified atom stereocenters. The number of hydrogen-bond acceptors (Lipinski definition) is 3. The van der Waals surface area contributed by atoms with Crippen LogP contribution < -0.4 is 0 Å². The first-order chi connectivity index (χ1) is 5.20. The van der Waals surface area contributed by atoms with Crippen LogP contribution in [0, 0.1) is 5.92 Å². The SMILES string of the molecule is C.C1CO1.C=C1CC(C)C(=O)O1. The maximum absolute atomic E-state index is 10.5. The van der Waals surface area contributed by atoms with Crippen molar-refractivity contribution >= 4 is 5.97 Å². The minimum atomic E-state index is -0.144. The molecule has 0 aromatic heterocycles.